The van der Waals surface area contributed by atoms with Crippen LogP contribution in [0.4, 0.5) is 13.2 Å². The zero-order valence-electron chi connectivity index (χ0n) is 7.39. The Morgan fingerprint density at radius 2 is 2.00 bits per heavy atom. The molecule has 0 spiro atoms. The van der Waals surface area contributed by atoms with Gasteiger partial charge in [-0.15, -0.1) is 5.10 Å². The number of halogens is 3. The molecule has 13 heavy (non-hydrogen) atoms. The van der Waals surface area contributed by atoms with Gasteiger partial charge < -0.3 is 0 Å². The maximum absolute atomic E-state index is 12.3. The Labute approximate surface area is 73.5 Å². The first-order valence-corrected chi connectivity index (χ1v) is 3.92. The van der Waals surface area contributed by atoms with Crippen LogP contribution in [0.5, 0.6) is 0 Å². The van der Waals surface area contributed by atoms with Crippen molar-refractivity contribution in [2.24, 2.45) is 7.05 Å². The van der Waals surface area contributed by atoms with Gasteiger partial charge in [0.25, 0.3) is 0 Å². The molecule has 6 heteroatoms. The lowest BCUT2D eigenvalue weighted by Gasteiger charge is -2.05. The highest BCUT2D eigenvalue weighted by atomic mass is 19.4. The second-order valence-electron chi connectivity index (χ2n) is 2.76. The minimum atomic E-state index is -4.39. The second kappa shape index (κ2) is 3.35. The van der Waals surface area contributed by atoms with E-state index in [1.54, 1.807) is 0 Å². The molecule has 0 aromatic carbocycles. The van der Waals surface area contributed by atoms with Gasteiger partial charge in [-0.25, -0.2) is 0 Å². The quantitative estimate of drug-likeness (QED) is 0.716. The summed E-state index contributed by atoms with van der Waals surface area (Å²) in [6.07, 6.45) is -3.40. The molecule has 0 aliphatic heterocycles. The SMILES string of the molecule is CCCc1c(C(F)(F)F)nnn1C. The van der Waals surface area contributed by atoms with Crippen LogP contribution in [0.3, 0.4) is 0 Å². The van der Waals surface area contributed by atoms with Crippen molar-refractivity contribution in [1.29, 1.82) is 0 Å². The van der Waals surface area contributed by atoms with Crippen LogP contribution in [-0.2, 0) is 19.6 Å². The van der Waals surface area contributed by atoms with Crippen molar-refractivity contribution >= 4 is 0 Å². The number of hydrogen-bond donors (Lipinski definition) is 0. The van der Waals surface area contributed by atoms with Crippen LogP contribution in [0.1, 0.15) is 24.7 Å². The summed E-state index contributed by atoms with van der Waals surface area (Å²) in [7, 11) is 1.47. The van der Waals surface area contributed by atoms with Crippen LogP contribution in [0, 0.1) is 0 Å². The average molecular weight is 193 g/mol. The van der Waals surface area contributed by atoms with Crippen LogP contribution in [0.2, 0.25) is 0 Å². The molecule has 0 aliphatic carbocycles. The second-order valence-corrected chi connectivity index (χ2v) is 2.76. The average Bonchev–Trinajstić information content (AvgIpc) is 2.32. The van der Waals surface area contributed by atoms with Crippen LogP contribution < -0.4 is 0 Å². The molecule has 1 heterocycles. The zero-order valence-corrected chi connectivity index (χ0v) is 7.39. The zero-order chi connectivity index (χ0) is 10.1. The molecular formula is C7H10F3N3. The van der Waals surface area contributed by atoms with E-state index in [4.69, 9.17) is 0 Å². The number of aromatic nitrogens is 3. The summed E-state index contributed by atoms with van der Waals surface area (Å²) in [5.74, 6) is 0. The van der Waals surface area contributed by atoms with Gasteiger partial charge in [0, 0.05) is 7.05 Å². The number of hydrogen-bond acceptors (Lipinski definition) is 2. The van der Waals surface area contributed by atoms with Crippen molar-refractivity contribution in [2.45, 2.75) is 25.9 Å². The smallest absolute Gasteiger partial charge is 0.252 e. The van der Waals surface area contributed by atoms with E-state index in [0.29, 0.717) is 12.8 Å². The van der Waals surface area contributed by atoms with Crippen molar-refractivity contribution in [3.05, 3.63) is 11.4 Å². The molecule has 1 aromatic heterocycles. The molecule has 0 atom stereocenters. The number of rotatable bonds is 2. The third-order valence-corrected chi connectivity index (χ3v) is 1.70. The topological polar surface area (TPSA) is 30.7 Å². The highest BCUT2D eigenvalue weighted by molar-refractivity contribution is 5.13. The number of nitrogens with zero attached hydrogens (tertiary/aromatic N) is 3. The molecule has 74 valence electrons. The first-order valence-electron chi connectivity index (χ1n) is 3.92. The lowest BCUT2D eigenvalue weighted by atomic mass is 10.2. The molecule has 1 aromatic rings. The summed E-state index contributed by atoms with van der Waals surface area (Å²) in [5, 5.41) is 6.44. The molecule has 0 N–H and O–H groups in total. The molecule has 0 radical (unpaired) electrons. The Hall–Kier alpha value is -1.07. The maximum Gasteiger partial charge on any atom is 0.437 e. The van der Waals surface area contributed by atoms with Crippen molar-refractivity contribution in [3.63, 3.8) is 0 Å². The van der Waals surface area contributed by atoms with E-state index in [2.05, 4.69) is 10.3 Å². The van der Waals surface area contributed by atoms with Gasteiger partial charge in [-0.1, -0.05) is 18.6 Å². The molecule has 0 bridgehead atoms. The van der Waals surface area contributed by atoms with Crippen LogP contribution in [0.15, 0.2) is 0 Å². The molecule has 0 unspecified atom stereocenters. The monoisotopic (exact) mass is 193 g/mol. The summed E-state index contributed by atoms with van der Waals surface area (Å²) >= 11 is 0. The Morgan fingerprint density at radius 1 is 1.38 bits per heavy atom. The van der Waals surface area contributed by atoms with E-state index in [1.807, 2.05) is 6.92 Å². The van der Waals surface area contributed by atoms with Crippen LogP contribution in [-0.4, -0.2) is 15.0 Å². The van der Waals surface area contributed by atoms with Crippen LogP contribution >= 0.6 is 0 Å². The molecule has 0 aliphatic rings. The van der Waals surface area contributed by atoms with Gasteiger partial charge in [-0.05, 0) is 6.42 Å². The fourth-order valence-electron chi connectivity index (χ4n) is 1.11. The van der Waals surface area contributed by atoms with Crippen molar-refractivity contribution in [1.82, 2.24) is 15.0 Å². The molecule has 3 nitrogen and oxygen atoms in total. The summed E-state index contributed by atoms with van der Waals surface area (Å²) < 4.78 is 38.0. The molecule has 0 fully saturated rings. The maximum atomic E-state index is 12.3. The highest BCUT2D eigenvalue weighted by Gasteiger charge is 2.37. The third-order valence-electron chi connectivity index (χ3n) is 1.70. The minimum absolute atomic E-state index is 0.148. The van der Waals surface area contributed by atoms with Gasteiger partial charge in [0.05, 0.1) is 5.69 Å². The number of alkyl halides is 3. The van der Waals surface area contributed by atoms with Gasteiger partial charge in [-0.2, -0.15) is 13.2 Å². The van der Waals surface area contributed by atoms with Crippen molar-refractivity contribution in [3.8, 4) is 0 Å². The van der Waals surface area contributed by atoms with E-state index < -0.39 is 11.9 Å². The molecule has 1 rings (SSSR count). The highest BCUT2D eigenvalue weighted by Crippen LogP contribution is 2.30. The standard InChI is InChI=1S/C7H10F3N3/c1-3-4-5-6(7(8,9)10)11-12-13(5)2/h3-4H2,1-2H3. The summed E-state index contributed by atoms with van der Waals surface area (Å²) in [6, 6.07) is 0. The Balaban J connectivity index is 3.07. The van der Waals surface area contributed by atoms with Crippen molar-refractivity contribution in [2.75, 3.05) is 0 Å². The third kappa shape index (κ3) is 1.99. The fourth-order valence-corrected chi connectivity index (χ4v) is 1.11. The Morgan fingerprint density at radius 3 is 2.46 bits per heavy atom. The normalized spacial score (nSPS) is 12.1. The fraction of sp³-hybridized carbons (Fsp3) is 0.714. The summed E-state index contributed by atoms with van der Waals surface area (Å²) in [5.41, 5.74) is -0.716. The Kier molecular flexibility index (Phi) is 2.58. The number of aryl methyl sites for hydroxylation is 1. The molecular weight excluding hydrogens is 183 g/mol. The van der Waals surface area contributed by atoms with Gasteiger partial charge in [-0.3, -0.25) is 4.68 Å². The predicted octanol–water partition coefficient (Wildman–Crippen LogP) is 1.79. The van der Waals surface area contributed by atoms with Gasteiger partial charge in [0.2, 0.25) is 0 Å². The van der Waals surface area contributed by atoms with Gasteiger partial charge >= 0.3 is 6.18 Å². The molecule has 0 amide bonds. The van der Waals surface area contributed by atoms with Gasteiger partial charge in [0.1, 0.15) is 0 Å². The van der Waals surface area contributed by atoms with E-state index in [-0.39, 0.29) is 5.69 Å². The lowest BCUT2D eigenvalue weighted by molar-refractivity contribution is -0.141. The van der Waals surface area contributed by atoms with E-state index >= 15 is 0 Å². The van der Waals surface area contributed by atoms with E-state index in [1.165, 1.54) is 11.7 Å². The van der Waals surface area contributed by atoms with Gasteiger partial charge in [0.15, 0.2) is 5.69 Å². The first kappa shape index (κ1) is 10.0. The van der Waals surface area contributed by atoms with E-state index in [0.717, 1.165) is 0 Å². The predicted molar refractivity (Wildman–Crippen MR) is 40.0 cm³/mol. The lowest BCUT2D eigenvalue weighted by Crippen LogP contribution is -2.10. The molecule has 0 saturated heterocycles. The van der Waals surface area contributed by atoms with Crippen LogP contribution in [0.25, 0.3) is 0 Å². The van der Waals surface area contributed by atoms with E-state index in [9.17, 15) is 13.2 Å². The summed E-state index contributed by atoms with van der Waals surface area (Å²) in [4.78, 5) is 0. The largest absolute Gasteiger partial charge is 0.437 e. The minimum Gasteiger partial charge on any atom is -0.252 e. The Bertz CT molecular complexity index is 290. The molecule has 0 saturated carbocycles. The first-order chi connectivity index (χ1) is 5.96. The summed E-state index contributed by atoms with van der Waals surface area (Å²) in [6.45, 7) is 1.81. The van der Waals surface area contributed by atoms with Crippen molar-refractivity contribution < 1.29 is 13.2 Å².